The van der Waals surface area contributed by atoms with Crippen LogP contribution >= 0.6 is 0 Å². The highest BCUT2D eigenvalue weighted by Crippen LogP contribution is 2.18. The number of pyridine rings is 1. The number of nitrogens with zero attached hydrogens (tertiary/aromatic N) is 1. The minimum atomic E-state index is 0.517. The Kier molecular flexibility index (Phi) is 6.27. The monoisotopic (exact) mass is 278 g/mol. The summed E-state index contributed by atoms with van der Waals surface area (Å²) in [6, 6.07) is 4.23. The van der Waals surface area contributed by atoms with E-state index >= 15 is 0 Å². The van der Waals surface area contributed by atoms with E-state index in [0.29, 0.717) is 12.5 Å². The van der Waals surface area contributed by atoms with Gasteiger partial charge in [-0.05, 0) is 31.0 Å². The van der Waals surface area contributed by atoms with Crippen LogP contribution in [-0.4, -0.2) is 31.3 Å². The zero-order valence-electron chi connectivity index (χ0n) is 12.7. The molecule has 0 aromatic carbocycles. The highest BCUT2D eigenvalue weighted by molar-refractivity contribution is 5.25. The quantitative estimate of drug-likeness (QED) is 0.793. The van der Waals surface area contributed by atoms with Crippen LogP contribution in [0.4, 0.5) is 0 Å². The SMILES string of the molecule is CCCc1cc(CNCC)cc(OCC2CCOC2)n1. The summed E-state index contributed by atoms with van der Waals surface area (Å²) in [6.45, 7) is 8.53. The zero-order valence-corrected chi connectivity index (χ0v) is 12.7. The molecule has 2 heterocycles. The molecule has 1 aromatic rings. The fourth-order valence-electron chi connectivity index (χ4n) is 2.37. The molecule has 1 unspecified atom stereocenters. The summed E-state index contributed by atoms with van der Waals surface area (Å²) in [5.74, 6) is 1.28. The van der Waals surface area contributed by atoms with E-state index in [-0.39, 0.29) is 0 Å². The van der Waals surface area contributed by atoms with Crippen molar-refractivity contribution in [2.24, 2.45) is 5.92 Å². The van der Waals surface area contributed by atoms with Gasteiger partial charge in [-0.1, -0.05) is 20.3 Å². The largest absolute Gasteiger partial charge is 0.477 e. The second-order valence-electron chi connectivity index (χ2n) is 5.38. The van der Waals surface area contributed by atoms with Gasteiger partial charge < -0.3 is 14.8 Å². The van der Waals surface area contributed by atoms with Crippen molar-refractivity contribution < 1.29 is 9.47 Å². The van der Waals surface area contributed by atoms with Gasteiger partial charge >= 0.3 is 0 Å². The third-order valence-corrected chi connectivity index (χ3v) is 3.49. The van der Waals surface area contributed by atoms with Gasteiger partial charge in [-0.25, -0.2) is 4.98 Å². The first kappa shape index (κ1) is 15.3. The highest BCUT2D eigenvalue weighted by atomic mass is 16.5. The fourth-order valence-corrected chi connectivity index (χ4v) is 2.37. The van der Waals surface area contributed by atoms with E-state index in [4.69, 9.17) is 9.47 Å². The molecule has 112 valence electrons. The summed E-state index contributed by atoms with van der Waals surface area (Å²) in [5.41, 5.74) is 2.38. The molecule has 4 nitrogen and oxygen atoms in total. The molecule has 1 aliphatic rings. The third kappa shape index (κ3) is 4.76. The number of rotatable bonds is 8. The van der Waals surface area contributed by atoms with Crippen molar-refractivity contribution in [2.45, 2.75) is 39.7 Å². The van der Waals surface area contributed by atoms with E-state index in [0.717, 1.165) is 57.1 Å². The molecule has 0 bridgehead atoms. The van der Waals surface area contributed by atoms with Crippen LogP contribution < -0.4 is 10.1 Å². The summed E-state index contributed by atoms with van der Waals surface area (Å²) in [4.78, 5) is 4.60. The van der Waals surface area contributed by atoms with Crippen molar-refractivity contribution >= 4 is 0 Å². The van der Waals surface area contributed by atoms with Crippen LogP contribution in [0, 0.1) is 5.92 Å². The molecule has 1 aromatic heterocycles. The van der Waals surface area contributed by atoms with Gasteiger partial charge in [0.15, 0.2) is 0 Å². The molecule has 0 spiro atoms. The second kappa shape index (κ2) is 8.22. The molecule has 2 rings (SSSR count). The Labute approximate surface area is 121 Å². The predicted molar refractivity (Wildman–Crippen MR) is 80.0 cm³/mol. The first-order valence-electron chi connectivity index (χ1n) is 7.73. The maximum Gasteiger partial charge on any atom is 0.213 e. The van der Waals surface area contributed by atoms with Crippen LogP contribution in [-0.2, 0) is 17.7 Å². The molecule has 1 N–H and O–H groups in total. The normalized spacial score (nSPS) is 18.4. The number of aromatic nitrogens is 1. The summed E-state index contributed by atoms with van der Waals surface area (Å²) >= 11 is 0. The van der Waals surface area contributed by atoms with Crippen molar-refractivity contribution in [3.8, 4) is 5.88 Å². The number of nitrogens with one attached hydrogen (secondary N) is 1. The van der Waals surface area contributed by atoms with E-state index in [1.807, 2.05) is 0 Å². The summed E-state index contributed by atoms with van der Waals surface area (Å²) < 4.78 is 11.3. The lowest BCUT2D eigenvalue weighted by molar-refractivity contribution is 0.165. The molecule has 0 amide bonds. The fraction of sp³-hybridized carbons (Fsp3) is 0.688. The summed E-state index contributed by atoms with van der Waals surface area (Å²) in [5, 5.41) is 3.35. The van der Waals surface area contributed by atoms with Crippen molar-refractivity contribution in [1.82, 2.24) is 10.3 Å². The zero-order chi connectivity index (χ0) is 14.2. The van der Waals surface area contributed by atoms with Crippen molar-refractivity contribution in [2.75, 3.05) is 26.4 Å². The van der Waals surface area contributed by atoms with Gasteiger partial charge in [0.05, 0.1) is 13.2 Å². The minimum absolute atomic E-state index is 0.517. The van der Waals surface area contributed by atoms with Gasteiger partial charge in [-0.2, -0.15) is 0 Å². The molecule has 1 aliphatic heterocycles. The van der Waals surface area contributed by atoms with Crippen molar-refractivity contribution in [3.05, 3.63) is 23.4 Å². The van der Waals surface area contributed by atoms with E-state index in [9.17, 15) is 0 Å². The lowest BCUT2D eigenvalue weighted by atomic mass is 10.1. The second-order valence-corrected chi connectivity index (χ2v) is 5.38. The van der Waals surface area contributed by atoms with Gasteiger partial charge in [-0.15, -0.1) is 0 Å². The van der Waals surface area contributed by atoms with Crippen molar-refractivity contribution in [1.29, 1.82) is 0 Å². The van der Waals surface area contributed by atoms with Gasteiger partial charge in [0.25, 0.3) is 0 Å². The molecule has 1 atom stereocenters. The first-order valence-corrected chi connectivity index (χ1v) is 7.73. The smallest absolute Gasteiger partial charge is 0.213 e. The molecular formula is C16H26N2O2. The van der Waals surface area contributed by atoms with Crippen LogP contribution in [0.3, 0.4) is 0 Å². The third-order valence-electron chi connectivity index (χ3n) is 3.49. The topological polar surface area (TPSA) is 43.4 Å². The Morgan fingerprint density at radius 3 is 3.00 bits per heavy atom. The Balaban J connectivity index is 1.98. The van der Waals surface area contributed by atoms with Gasteiger partial charge in [-0.3, -0.25) is 0 Å². The standard InChI is InChI=1S/C16H26N2O2/c1-3-5-15-8-14(10-17-4-2)9-16(18-15)20-12-13-6-7-19-11-13/h8-9,13,17H,3-7,10-12H2,1-2H3. The van der Waals surface area contributed by atoms with E-state index in [1.165, 1.54) is 5.56 Å². The average molecular weight is 278 g/mol. The van der Waals surface area contributed by atoms with Gasteiger partial charge in [0.1, 0.15) is 0 Å². The van der Waals surface area contributed by atoms with E-state index < -0.39 is 0 Å². The molecule has 0 radical (unpaired) electrons. The molecule has 0 saturated carbocycles. The Bertz CT molecular complexity index is 403. The maximum atomic E-state index is 5.88. The molecule has 1 saturated heterocycles. The molecule has 0 aliphatic carbocycles. The molecular weight excluding hydrogens is 252 g/mol. The van der Waals surface area contributed by atoms with E-state index in [1.54, 1.807) is 0 Å². The van der Waals surface area contributed by atoms with E-state index in [2.05, 4.69) is 36.3 Å². The first-order chi connectivity index (χ1) is 9.81. The molecule has 20 heavy (non-hydrogen) atoms. The Hall–Kier alpha value is -1.13. The molecule has 4 heteroatoms. The van der Waals surface area contributed by atoms with Gasteiger partial charge in [0.2, 0.25) is 5.88 Å². The predicted octanol–water partition coefficient (Wildman–Crippen LogP) is 2.56. The summed E-state index contributed by atoms with van der Waals surface area (Å²) in [7, 11) is 0. The lowest BCUT2D eigenvalue weighted by Crippen LogP contribution is -2.15. The number of hydrogen-bond donors (Lipinski definition) is 1. The maximum absolute atomic E-state index is 5.88. The number of ether oxygens (including phenoxy) is 2. The van der Waals surface area contributed by atoms with Crippen LogP contribution in [0.15, 0.2) is 12.1 Å². The number of hydrogen-bond acceptors (Lipinski definition) is 4. The Morgan fingerprint density at radius 1 is 1.40 bits per heavy atom. The average Bonchev–Trinajstić information content (AvgIpc) is 2.96. The van der Waals surface area contributed by atoms with Crippen LogP contribution in [0.1, 0.15) is 37.9 Å². The van der Waals surface area contributed by atoms with Crippen LogP contribution in [0.25, 0.3) is 0 Å². The van der Waals surface area contributed by atoms with Crippen LogP contribution in [0.2, 0.25) is 0 Å². The Morgan fingerprint density at radius 2 is 2.30 bits per heavy atom. The molecule has 1 fully saturated rings. The summed E-state index contributed by atoms with van der Waals surface area (Å²) in [6.07, 6.45) is 3.20. The highest BCUT2D eigenvalue weighted by Gasteiger charge is 2.16. The van der Waals surface area contributed by atoms with Crippen LogP contribution in [0.5, 0.6) is 5.88 Å². The van der Waals surface area contributed by atoms with Gasteiger partial charge in [0, 0.05) is 30.8 Å². The minimum Gasteiger partial charge on any atom is -0.477 e. The lowest BCUT2D eigenvalue weighted by Gasteiger charge is -2.12. The number of aryl methyl sites for hydroxylation is 1. The van der Waals surface area contributed by atoms with Crippen molar-refractivity contribution in [3.63, 3.8) is 0 Å².